The van der Waals surface area contributed by atoms with Crippen molar-refractivity contribution in [3.05, 3.63) is 70.1 Å². The number of carbonyl (C=O) groups excluding carboxylic acids is 1. The monoisotopic (exact) mass is 397 g/mol. The number of carbonyl (C=O) groups is 1. The van der Waals surface area contributed by atoms with Gasteiger partial charge >= 0.3 is 0 Å². The van der Waals surface area contributed by atoms with Crippen LogP contribution in [0.15, 0.2) is 54.5 Å². The van der Waals surface area contributed by atoms with Crippen LogP contribution in [-0.2, 0) is 11.8 Å². The van der Waals surface area contributed by atoms with Gasteiger partial charge in [-0.15, -0.1) is 0 Å². The Labute approximate surface area is 165 Å². The minimum atomic E-state index is -0.591. The van der Waals surface area contributed by atoms with Crippen LogP contribution in [0.3, 0.4) is 0 Å². The molecule has 0 aliphatic carbocycles. The lowest BCUT2D eigenvalue weighted by Crippen LogP contribution is -2.13. The zero-order valence-electron chi connectivity index (χ0n) is 14.1. The first-order chi connectivity index (χ1) is 13.0. The van der Waals surface area contributed by atoms with E-state index in [1.807, 2.05) is 6.07 Å². The Morgan fingerprint density at radius 1 is 1.26 bits per heavy atom. The lowest BCUT2D eigenvalue weighted by atomic mass is 10.1. The molecule has 2 aromatic heterocycles. The van der Waals surface area contributed by atoms with Gasteiger partial charge in [-0.1, -0.05) is 23.2 Å². The Hall–Kier alpha value is -3.14. The summed E-state index contributed by atoms with van der Waals surface area (Å²) < 4.78 is 1.61. The fourth-order valence-electron chi connectivity index (χ4n) is 2.43. The average Bonchev–Trinajstić information content (AvgIpc) is 3.03. The first-order valence-corrected chi connectivity index (χ1v) is 8.56. The number of halogens is 2. The van der Waals surface area contributed by atoms with Crippen LogP contribution in [0.2, 0.25) is 10.0 Å². The van der Waals surface area contributed by atoms with Crippen molar-refractivity contribution in [3.8, 4) is 17.3 Å². The van der Waals surface area contributed by atoms with Crippen LogP contribution >= 0.6 is 23.2 Å². The number of amides is 1. The van der Waals surface area contributed by atoms with E-state index in [-0.39, 0.29) is 5.57 Å². The number of hydrogen-bond donors (Lipinski definition) is 1. The second kappa shape index (κ2) is 8.04. The molecule has 6 nitrogen and oxygen atoms in total. The van der Waals surface area contributed by atoms with E-state index in [1.54, 1.807) is 54.6 Å². The lowest BCUT2D eigenvalue weighted by molar-refractivity contribution is -0.112. The van der Waals surface area contributed by atoms with Gasteiger partial charge in [0.05, 0.1) is 16.4 Å². The van der Waals surface area contributed by atoms with E-state index in [9.17, 15) is 10.1 Å². The highest BCUT2D eigenvalue weighted by Gasteiger charge is 2.15. The van der Waals surface area contributed by atoms with Crippen molar-refractivity contribution >= 4 is 40.9 Å². The fourth-order valence-corrected chi connectivity index (χ4v) is 2.77. The highest BCUT2D eigenvalue weighted by atomic mass is 35.5. The molecule has 0 radical (unpaired) electrons. The van der Waals surface area contributed by atoms with Crippen LogP contribution in [0.4, 0.5) is 5.69 Å². The van der Waals surface area contributed by atoms with E-state index in [1.165, 1.54) is 12.1 Å². The van der Waals surface area contributed by atoms with Crippen LogP contribution in [0.25, 0.3) is 17.3 Å². The molecule has 0 aliphatic rings. The second-order valence-electron chi connectivity index (χ2n) is 5.59. The maximum Gasteiger partial charge on any atom is 0.266 e. The van der Waals surface area contributed by atoms with Crippen molar-refractivity contribution in [2.24, 2.45) is 7.05 Å². The standard InChI is InChI=1S/C19H13Cl2N5O/c1-26-11-14(18(25-26)12-4-6-23-7-5-12)8-13(10-22)19(27)24-17-9-15(20)2-3-16(17)21/h2-9,11H,1H3,(H,24,27)/b13-8-. The summed E-state index contributed by atoms with van der Waals surface area (Å²) in [6.07, 6.45) is 6.51. The van der Waals surface area contributed by atoms with Gasteiger partial charge in [0.1, 0.15) is 11.6 Å². The number of hydrogen-bond acceptors (Lipinski definition) is 4. The lowest BCUT2D eigenvalue weighted by Gasteiger charge is -2.07. The Kier molecular flexibility index (Phi) is 5.55. The predicted octanol–water partition coefficient (Wildman–Crippen LogP) is 4.33. The molecule has 0 aliphatic heterocycles. The first-order valence-electron chi connectivity index (χ1n) is 7.80. The molecule has 0 saturated carbocycles. The number of nitriles is 1. The largest absolute Gasteiger partial charge is 0.320 e. The fraction of sp³-hybridized carbons (Fsp3) is 0.0526. The third kappa shape index (κ3) is 4.34. The molecule has 3 aromatic rings. The average molecular weight is 398 g/mol. The van der Waals surface area contributed by atoms with E-state index in [4.69, 9.17) is 23.2 Å². The summed E-state index contributed by atoms with van der Waals surface area (Å²) in [7, 11) is 1.76. The van der Waals surface area contributed by atoms with Crippen LogP contribution in [-0.4, -0.2) is 20.7 Å². The number of anilines is 1. The normalized spacial score (nSPS) is 11.1. The molecule has 0 saturated heterocycles. The Bertz CT molecular complexity index is 1070. The Morgan fingerprint density at radius 3 is 2.70 bits per heavy atom. The van der Waals surface area contributed by atoms with E-state index >= 15 is 0 Å². The van der Waals surface area contributed by atoms with Gasteiger partial charge in [0.25, 0.3) is 5.91 Å². The van der Waals surface area contributed by atoms with Crippen molar-refractivity contribution in [2.75, 3.05) is 5.32 Å². The molecule has 2 heterocycles. The van der Waals surface area contributed by atoms with Crippen molar-refractivity contribution in [1.82, 2.24) is 14.8 Å². The summed E-state index contributed by atoms with van der Waals surface area (Å²) in [4.78, 5) is 16.5. The topological polar surface area (TPSA) is 83.6 Å². The molecule has 1 N–H and O–H groups in total. The van der Waals surface area contributed by atoms with Crippen LogP contribution in [0.1, 0.15) is 5.56 Å². The highest BCUT2D eigenvalue weighted by Crippen LogP contribution is 2.27. The highest BCUT2D eigenvalue weighted by molar-refractivity contribution is 6.36. The van der Waals surface area contributed by atoms with Crippen molar-refractivity contribution in [2.45, 2.75) is 0 Å². The van der Waals surface area contributed by atoms with Gasteiger partial charge < -0.3 is 5.32 Å². The second-order valence-corrected chi connectivity index (χ2v) is 6.43. The Balaban J connectivity index is 1.94. The summed E-state index contributed by atoms with van der Waals surface area (Å²) in [6, 6.07) is 10.2. The van der Waals surface area contributed by atoms with Gasteiger partial charge in [-0.3, -0.25) is 14.5 Å². The molecule has 1 amide bonds. The number of nitrogens with zero attached hydrogens (tertiary/aromatic N) is 4. The molecule has 0 unspecified atom stereocenters. The molecule has 27 heavy (non-hydrogen) atoms. The van der Waals surface area contributed by atoms with E-state index in [0.717, 1.165) is 5.56 Å². The van der Waals surface area contributed by atoms with Gasteiger partial charge in [0.2, 0.25) is 0 Å². The first kappa shape index (κ1) is 18.6. The van der Waals surface area contributed by atoms with Crippen LogP contribution < -0.4 is 5.32 Å². The molecule has 8 heteroatoms. The van der Waals surface area contributed by atoms with Crippen LogP contribution in [0.5, 0.6) is 0 Å². The molecular formula is C19H13Cl2N5O. The summed E-state index contributed by atoms with van der Waals surface area (Å²) in [5.41, 5.74) is 2.34. The maximum absolute atomic E-state index is 12.5. The molecule has 0 spiro atoms. The van der Waals surface area contributed by atoms with Gasteiger partial charge in [-0.25, -0.2) is 0 Å². The summed E-state index contributed by atoms with van der Waals surface area (Å²) in [5.74, 6) is -0.591. The number of rotatable bonds is 4. The van der Waals surface area contributed by atoms with E-state index in [2.05, 4.69) is 15.4 Å². The zero-order valence-corrected chi connectivity index (χ0v) is 15.7. The van der Waals surface area contributed by atoms with Crippen molar-refractivity contribution < 1.29 is 4.79 Å². The zero-order chi connectivity index (χ0) is 19.4. The quantitative estimate of drug-likeness (QED) is 0.524. The molecule has 0 fully saturated rings. The third-order valence-corrected chi connectivity index (χ3v) is 4.22. The predicted molar refractivity (Wildman–Crippen MR) is 105 cm³/mol. The molecule has 1 aromatic carbocycles. The molecule has 134 valence electrons. The summed E-state index contributed by atoms with van der Waals surface area (Å²) >= 11 is 12.0. The van der Waals surface area contributed by atoms with Crippen molar-refractivity contribution in [3.63, 3.8) is 0 Å². The number of nitrogens with one attached hydrogen (secondary N) is 1. The SMILES string of the molecule is Cn1cc(/C=C(/C#N)C(=O)Nc2cc(Cl)ccc2Cl)c(-c2ccncc2)n1. The Morgan fingerprint density at radius 2 is 2.00 bits per heavy atom. The molecule has 0 bridgehead atoms. The number of pyridine rings is 1. The van der Waals surface area contributed by atoms with E-state index in [0.29, 0.717) is 27.0 Å². The van der Waals surface area contributed by atoms with Gasteiger partial charge in [0.15, 0.2) is 0 Å². The van der Waals surface area contributed by atoms with Gasteiger partial charge in [0, 0.05) is 41.8 Å². The molecule has 3 rings (SSSR count). The minimum absolute atomic E-state index is 0.0886. The molecular weight excluding hydrogens is 385 g/mol. The maximum atomic E-state index is 12.5. The number of benzene rings is 1. The van der Waals surface area contributed by atoms with E-state index < -0.39 is 5.91 Å². The molecule has 0 atom stereocenters. The number of aromatic nitrogens is 3. The summed E-state index contributed by atoms with van der Waals surface area (Å²) in [6.45, 7) is 0. The van der Waals surface area contributed by atoms with Crippen molar-refractivity contribution in [1.29, 1.82) is 5.26 Å². The smallest absolute Gasteiger partial charge is 0.266 e. The summed E-state index contributed by atoms with van der Waals surface area (Å²) in [5, 5.41) is 17.2. The number of aryl methyl sites for hydroxylation is 1. The van der Waals surface area contributed by atoms with Crippen LogP contribution in [0, 0.1) is 11.3 Å². The third-order valence-electron chi connectivity index (χ3n) is 3.65. The minimum Gasteiger partial charge on any atom is -0.320 e. The van der Waals surface area contributed by atoms with Gasteiger partial charge in [-0.2, -0.15) is 10.4 Å². The van der Waals surface area contributed by atoms with Gasteiger partial charge in [-0.05, 0) is 36.4 Å².